The summed E-state index contributed by atoms with van der Waals surface area (Å²) in [6.07, 6.45) is 4.74. The molecule has 4 aromatic rings. The minimum absolute atomic E-state index is 0.101. The number of amides is 1. The molecule has 0 aliphatic rings. The molecule has 154 valence electrons. The van der Waals surface area contributed by atoms with Crippen LogP contribution in [-0.2, 0) is 21.4 Å². The van der Waals surface area contributed by atoms with Gasteiger partial charge in [0.25, 0.3) is 10.0 Å². The second-order valence-corrected chi connectivity index (χ2v) is 8.89. The quantitative estimate of drug-likeness (QED) is 0.512. The van der Waals surface area contributed by atoms with Crippen LogP contribution in [0.2, 0.25) is 0 Å². The van der Waals surface area contributed by atoms with Crippen LogP contribution in [-0.4, -0.2) is 28.1 Å². The number of primary amides is 1. The van der Waals surface area contributed by atoms with Gasteiger partial charge in [-0.25, -0.2) is 16.8 Å². The summed E-state index contributed by atoms with van der Waals surface area (Å²) in [7, 11) is -3.93. The van der Waals surface area contributed by atoms with Gasteiger partial charge in [0.15, 0.2) is 0 Å². The van der Waals surface area contributed by atoms with Crippen molar-refractivity contribution in [2.45, 2.75) is 18.4 Å². The minimum Gasteiger partial charge on any atom is -0.369 e. The third-order valence-corrected chi connectivity index (χ3v) is 6.61. The first-order valence-electron chi connectivity index (χ1n) is 9.21. The van der Waals surface area contributed by atoms with E-state index in [1.807, 2.05) is 0 Å². The van der Waals surface area contributed by atoms with E-state index in [1.165, 1.54) is 30.5 Å². The average molecular weight is 426 g/mol. The van der Waals surface area contributed by atoms with Crippen LogP contribution in [0, 0.1) is 11.7 Å². The lowest BCUT2D eigenvalue weighted by atomic mass is 10.1. The van der Waals surface area contributed by atoms with Crippen molar-refractivity contribution in [3.8, 4) is 11.1 Å². The molecule has 1 unspecified atom stereocenters. The molecule has 4 rings (SSSR count). The molecule has 0 fully saturated rings. The van der Waals surface area contributed by atoms with E-state index in [9.17, 15) is 17.6 Å². The van der Waals surface area contributed by atoms with E-state index in [-0.39, 0.29) is 10.4 Å². The molecule has 0 spiro atoms. The Hall–Kier alpha value is -3.46. The Morgan fingerprint density at radius 3 is 2.60 bits per heavy atom. The first kappa shape index (κ1) is 19.8. The van der Waals surface area contributed by atoms with Crippen molar-refractivity contribution in [1.29, 1.82) is 0 Å². The van der Waals surface area contributed by atoms with Crippen molar-refractivity contribution >= 4 is 26.8 Å². The van der Waals surface area contributed by atoms with Gasteiger partial charge in [0.2, 0.25) is 5.91 Å². The molecule has 0 saturated carbocycles. The van der Waals surface area contributed by atoms with Gasteiger partial charge >= 0.3 is 0 Å². The number of hydrogen-bond donors (Lipinski definition) is 1. The van der Waals surface area contributed by atoms with Crippen molar-refractivity contribution in [3.63, 3.8) is 0 Å². The summed E-state index contributed by atoms with van der Waals surface area (Å²) in [5, 5.41) is 4.81. The number of fused-ring (bicyclic) bond motifs is 1. The Morgan fingerprint density at radius 1 is 1.17 bits per heavy atom. The molecule has 2 aromatic carbocycles. The molecule has 1 amide bonds. The van der Waals surface area contributed by atoms with Gasteiger partial charge in [-0.05, 0) is 30.3 Å². The lowest BCUT2D eigenvalue weighted by molar-refractivity contribution is -0.121. The number of nitrogens with two attached hydrogens (primary N) is 1. The van der Waals surface area contributed by atoms with Gasteiger partial charge in [0.1, 0.15) is 5.82 Å². The molecule has 30 heavy (non-hydrogen) atoms. The van der Waals surface area contributed by atoms with Gasteiger partial charge in [-0.3, -0.25) is 9.48 Å². The summed E-state index contributed by atoms with van der Waals surface area (Å²) in [4.78, 5) is 11.4. The molecule has 0 saturated heterocycles. The Labute approximate surface area is 172 Å². The van der Waals surface area contributed by atoms with Crippen LogP contribution in [0.5, 0.6) is 0 Å². The average Bonchev–Trinajstić information content (AvgIpc) is 3.33. The van der Waals surface area contributed by atoms with Crippen molar-refractivity contribution in [3.05, 3.63) is 72.9 Å². The van der Waals surface area contributed by atoms with E-state index < -0.39 is 27.7 Å². The third-order valence-electron chi connectivity index (χ3n) is 4.92. The fourth-order valence-corrected chi connectivity index (χ4v) is 4.66. The lowest BCUT2D eigenvalue weighted by Crippen LogP contribution is -2.24. The fourth-order valence-electron chi connectivity index (χ4n) is 3.28. The first-order valence-corrected chi connectivity index (χ1v) is 10.6. The number of carbonyl (C=O) groups is 1. The Morgan fingerprint density at radius 2 is 1.90 bits per heavy atom. The van der Waals surface area contributed by atoms with Crippen molar-refractivity contribution < 1.29 is 17.6 Å². The molecule has 0 radical (unpaired) electrons. The molecule has 2 aromatic heterocycles. The highest BCUT2D eigenvalue weighted by Crippen LogP contribution is 2.33. The second-order valence-electron chi connectivity index (χ2n) is 7.07. The van der Waals surface area contributed by atoms with E-state index in [1.54, 1.807) is 48.3 Å². The largest absolute Gasteiger partial charge is 0.369 e. The molecule has 2 heterocycles. The van der Waals surface area contributed by atoms with Crippen molar-refractivity contribution in [1.82, 2.24) is 13.8 Å². The fraction of sp³-hybridized carbons (Fsp3) is 0.143. The van der Waals surface area contributed by atoms with Gasteiger partial charge < -0.3 is 5.73 Å². The van der Waals surface area contributed by atoms with E-state index in [2.05, 4.69) is 5.10 Å². The number of halogens is 1. The Bertz CT molecular complexity index is 1340. The smallest absolute Gasteiger partial charge is 0.268 e. The summed E-state index contributed by atoms with van der Waals surface area (Å²) >= 11 is 0. The predicted octanol–water partition coefficient (Wildman–Crippen LogP) is 3.00. The zero-order chi connectivity index (χ0) is 21.5. The molecule has 0 bridgehead atoms. The second kappa shape index (κ2) is 7.42. The highest BCUT2D eigenvalue weighted by Gasteiger charge is 2.23. The van der Waals surface area contributed by atoms with E-state index in [0.717, 1.165) is 3.97 Å². The van der Waals surface area contributed by atoms with Crippen LogP contribution in [0.25, 0.3) is 22.0 Å². The summed E-state index contributed by atoms with van der Waals surface area (Å²) in [5.74, 6) is -1.39. The maximum atomic E-state index is 14.0. The zero-order valence-corrected chi connectivity index (χ0v) is 16.9. The summed E-state index contributed by atoms with van der Waals surface area (Å²) in [6.45, 7) is 2.00. The molecule has 0 aliphatic heterocycles. The number of carbonyl (C=O) groups excluding carboxylic acids is 1. The molecular weight excluding hydrogens is 407 g/mol. The van der Waals surface area contributed by atoms with Gasteiger partial charge in [-0.1, -0.05) is 25.1 Å². The Balaban J connectivity index is 1.86. The normalized spacial score (nSPS) is 12.9. The van der Waals surface area contributed by atoms with Crippen LogP contribution in [0.15, 0.2) is 72.0 Å². The standard InChI is InChI=1S/C21H19FN4O3S/c1-14(21(23)27)11-25-12-15(10-24-25)19-13-26(20-9-16(22)7-8-18(19)20)30(28,29)17-5-3-2-4-6-17/h2-10,12-14H,11H2,1H3,(H2,23,27). The predicted molar refractivity (Wildman–Crippen MR) is 111 cm³/mol. The summed E-state index contributed by atoms with van der Waals surface area (Å²) < 4.78 is 43.0. The van der Waals surface area contributed by atoms with E-state index >= 15 is 0 Å². The summed E-state index contributed by atoms with van der Waals surface area (Å²) in [6, 6.07) is 12.0. The maximum Gasteiger partial charge on any atom is 0.268 e. The molecular formula is C21H19FN4O3S. The van der Waals surface area contributed by atoms with Gasteiger partial charge in [0, 0.05) is 28.9 Å². The first-order chi connectivity index (χ1) is 14.3. The lowest BCUT2D eigenvalue weighted by Gasteiger charge is -2.07. The number of rotatable bonds is 6. The topological polar surface area (TPSA) is 100.0 Å². The SMILES string of the molecule is CC(Cn1cc(-c2cn(S(=O)(=O)c3ccccc3)c3cc(F)ccc23)cn1)C(N)=O. The molecule has 1 atom stereocenters. The molecule has 9 heteroatoms. The van der Waals surface area contributed by atoms with Gasteiger partial charge in [-0.2, -0.15) is 5.10 Å². The van der Waals surface area contributed by atoms with Crippen LogP contribution >= 0.6 is 0 Å². The molecule has 2 N–H and O–H groups in total. The highest BCUT2D eigenvalue weighted by atomic mass is 32.2. The minimum atomic E-state index is -3.93. The van der Waals surface area contributed by atoms with Crippen LogP contribution in [0.3, 0.4) is 0 Å². The number of benzene rings is 2. The molecule has 0 aliphatic carbocycles. The zero-order valence-electron chi connectivity index (χ0n) is 16.1. The third kappa shape index (κ3) is 3.48. The number of hydrogen-bond acceptors (Lipinski definition) is 4. The molecule has 7 nitrogen and oxygen atoms in total. The van der Waals surface area contributed by atoms with Crippen molar-refractivity contribution in [2.24, 2.45) is 11.7 Å². The van der Waals surface area contributed by atoms with Crippen LogP contribution < -0.4 is 5.73 Å². The Kier molecular flexibility index (Phi) is 4.90. The van der Waals surface area contributed by atoms with Gasteiger partial charge in [0.05, 0.1) is 29.1 Å². The van der Waals surface area contributed by atoms with Gasteiger partial charge in [-0.15, -0.1) is 0 Å². The van der Waals surface area contributed by atoms with Crippen LogP contribution in [0.1, 0.15) is 6.92 Å². The van der Waals surface area contributed by atoms with Crippen LogP contribution in [0.4, 0.5) is 4.39 Å². The number of nitrogens with zero attached hydrogens (tertiary/aromatic N) is 3. The number of aromatic nitrogens is 3. The highest BCUT2D eigenvalue weighted by molar-refractivity contribution is 7.90. The van der Waals surface area contributed by atoms with E-state index in [4.69, 9.17) is 5.73 Å². The van der Waals surface area contributed by atoms with Crippen molar-refractivity contribution in [2.75, 3.05) is 0 Å². The monoisotopic (exact) mass is 426 g/mol. The maximum absolute atomic E-state index is 14.0. The summed E-state index contributed by atoms with van der Waals surface area (Å²) in [5.41, 5.74) is 6.77. The van der Waals surface area contributed by atoms with E-state index in [0.29, 0.717) is 23.1 Å².